The highest BCUT2D eigenvalue weighted by Gasteiger charge is 2.20. The predicted molar refractivity (Wildman–Crippen MR) is 93.2 cm³/mol. The third kappa shape index (κ3) is 3.43. The maximum absolute atomic E-state index is 12.4. The summed E-state index contributed by atoms with van der Waals surface area (Å²) in [7, 11) is 0. The van der Waals surface area contributed by atoms with Crippen molar-refractivity contribution in [2.24, 2.45) is 0 Å². The summed E-state index contributed by atoms with van der Waals surface area (Å²) in [6.45, 7) is 5.05. The Kier molecular flexibility index (Phi) is 4.62. The van der Waals surface area contributed by atoms with E-state index in [0.717, 1.165) is 10.6 Å². The predicted octanol–water partition coefficient (Wildman–Crippen LogP) is 2.80. The minimum Gasteiger partial charge on any atom is -0.361 e. The largest absolute Gasteiger partial charge is 0.361 e. The summed E-state index contributed by atoms with van der Waals surface area (Å²) in [4.78, 5) is 29.4. The van der Waals surface area contributed by atoms with Gasteiger partial charge in [0.25, 0.3) is 11.8 Å². The Morgan fingerprint density at radius 2 is 1.68 bits per heavy atom. The lowest BCUT2D eigenvalue weighted by molar-refractivity contribution is 0.0847. The van der Waals surface area contributed by atoms with Gasteiger partial charge in [-0.05, 0) is 20.8 Å². The summed E-state index contributed by atoms with van der Waals surface area (Å²) in [6, 6.07) is 9.60. The molecule has 0 fully saturated rings. The first-order valence-corrected chi connectivity index (χ1v) is 8.35. The van der Waals surface area contributed by atoms with Crippen molar-refractivity contribution in [2.45, 2.75) is 20.8 Å². The fourth-order valence-electron chi connectivity index (χ4n) is 2.35. The average molecular weight is 356 g/mol. The molecule has 0 aliphatic heterocycles. The standard InChI is InChI=1S/C17H16N4O3S/c1-9-13(11(3)24-21-9)15(22)19-20-16(23)14-10(2)18-17(25-14)12-7-5-4-6-8-12/h4-8H,1-3H3,(H,19,22)(H,20,23). The zero-order valence-electron chi connectivity index (χ0n) is 13.9. The van der Waals surface area contributed by atoms with Crippen molar-refractivity contribution >= 4 is 23.2 Å². The molecule has 3 rings (SSSR count). The molecule has 2 N–H and O–H groups in total. The number of aromatic nitrogens is 2. The molecule has 0 bridgehead atoms. The Morgan fingerprint density at radius 3 is 2.32 bits per heavy atom. The number of hydrogen-bond donors (Lipinski definition) is 2. The van der Waals surface area contributed by atoms with Gasteiger partial charge in [-0.2, -0.15) is 0 Å². The lowest BCUT2D eigenvalue weighted by atomic mass is 10.2. The van der Waals surface area contributed by atoms with Crippen molar-refractivity contribution < 1.29 is 14.1 Å². The zero-order valence-corrected chi connectivity index (χ0v) is 14.7. The van der Waals surface area contributed by atoms with Gasteiger partial charge in [-0.1, -0.05) is 35.5 Å². The number of aryl methyl sites for hydroxylation is 3. The van der Waals surface area contributed by atoms with Crippen LogP contribution >= 0.6 is 11.3 Å². The molecule has 2 amide bonds. The molecule has 2 heterocycles. The maximum atomic E-state index is 12.4. The first-order chi connectivity index (χ1) is 12.0. The van der Waals surface area contributed by atoms with Crippen LogP contribution in [0.3, 0.4) is 0 Å². The minimum absolute atomic E-state index is 0.311. The molecule has 1 aromatic carbocycles. The maximum Gasteiger partial charge on any atom is 0.281 e. The van der Waals surface area contributed by atoms with Crippen molar-refractivity contribution in [3.05, 3.63) is 57.9 Å². The third-order valence-corrected chi connectivity index (χ3v) is 4.78. The number of carbonyl (C=O) groups is 2. The van der Waals surface area contributed by atoms with E-state index in [0.29, 0.717) is 27.6 Å². The second-order valence-electron chi connectivity index (χ2n) is 5.41. The fraction of sp³-hybridized carbons (Fsp3) is 0.176. The molecule has 0 saturated carbocycles. The summed E-state index contributed by atoms with van der Waals surface area (Å²) in [5.74, 6) is -0.503. The summed E-state index contributed by atoms with van der Waals surface area (Å²) in [5.41, 5.74) is 7.11. The van der Waals surface area contributed by atoms with Gasteiger partial charge < -0.3 is 4.52 Å². The molecule has 128 valence electrons. The molecular weight excluding hydrogens is 340 g/mol. The molecule has 0 unspecified atom stereocenters. The molecule has 0 radical (unpaired) electrons. The van der Waals surface area contributed by atoms with E-state index in [-0.39, 0.29) is 0 Å². The number of hydrazine groups is 1. The normalized spacial score (nSPS) is 10.5. The Balaban J connectivity index is 1.72. The van der Waals surface area contributed by atoms with Crippen molar-refractivity contribution in [1.29, 1.82) is 0 Å². The van der Waals surface area contributed by atoms with Gasteiger partial charge in [0.1, 0.15) is 21.2 Å². The van der Waals surface area contributed by atoms with E-state index in [1.165, 1.54) is 11.3 Å². The molecule has 0 saturated heterocycles. The van der Waals surface area contributed by atoms with Crippen LogP contribution in [-0.2, 0) is 0 Å². The van der Waals surface area contributed by atoms with E-state index in [1.54, 1.807) is 20.8 Å². The van der Waals surface area contributed by atoms with E-state index >= 15 is 0 Å². The fourth-order valence-corrected chi connectivity index (χ4v) is 3.32. The van der Waals surface area contributed by atoms with Crippen molar-refractivity contribution in [2.75, 3.05) is 0 Å². The van der Waals surface area contributed by atoms with Gasteiger partial charge in [-0.25, -0.2) is 4.98 Å². The lowest BCUT2D eigenvalue weighted by Gasteiger charge is -2.06. The number of nitrogens with zero attached hydrogens (tertiary/aromatic N) is 2. The van der Waals surface area contributed by atoms with E-state index in [1.807, 2.05) is 30.3 Å². The van der Waals surface area contributed by atoms with Gasteiger partial charge in [0.15, 0.2) is 0 Å². The average Bonchev–Trinajstić information content (AvgIpc) is 3.16. The minimum atomic E-state index is -0.477. The van der Waals surface area contributed by atoms with E-state index in [2.05, 4.69) is 21.0 Å². The topological polar surface area (TPSA) is 97.1 Å². The Morgan fingerprint density at radius 1 is 1.00 bits per heavy atom. The molecule has 7 nitrogen and oxygen atoms in total. The van der Waals surface area contributed by atoms with E-state index in [9.17, 15) is 9.59 Å². The molecule has 0 aliphatic carbocycles. The molecule has 3 aromatic rings. The van der Waals surface area contributed by atoms with E-state index in [4.69, 9.17) is 4.52 Å². The number of hydrogen-bond acceptors (Lipinski definition) is 6. The third-order valence-electron chi connectivity index (χ3n) is 3.57. The van der Waals surface area contributed by atoms with Crippen LogP contribution in [0.1, 0.15) is 37.2 Å². The number of thiazole rings is 1. The zero-order chi connectivity index (χ0) is 18.0. The van der Waals surface area contributed by atoms with Crippen molar-refractivity contribution in [3.8, 4) is 10.6 Å². The molecule has 0 spiro atoms. The van der Waals surface area contributed by atoms with Crippen LogP contribution < -0.4 is 10.9 Å². The Hall–Kier alpha value is -3.00. The molecule has 25 heavy (non-hydrogen) atoms. The van der Waals surface area contributed by atoms with Gasteiger partial charge in [0, 0.05) is 5.56 Å². The number of rotatable bonds is 3. The first-order valence-electron chi connectivity index (χ1n) is 7.53. The summed E-state index contributed by atoms with van der Waals surface area (Å²) in [6.07, 6.45) is 0. The highest BCUT2D eigenvalue weighted by atomic mass is 32.1. The van der Waals surface area contributed by atoms with Crippen LogP contribution in [0.15, 0.2) is 34.9 Å². The van der Waals surface area contributed by atoms with Crippen molar-refractivity contribution in [1.82, 2.24) is 21.0 Å². The number of nitrogens with one attached hydrogen (secondary N) is 2. The molecule has 0 atom stereocenters. The van der Waals surface area contributed by atoms with Gasteiger partial charge in [-0.15, -0.1) is 11.3 Å². The molecule has 8 heteroatoms. The second-order valence-corrected chi connectivity index (χ2v) is 6.41. The van der Waals surface area contributed by atoms with Crippen molar-refractivity contribution in [3.63, 3.8) is 0 Å². The van der Waals surface area contributed by atoms with Crippen LogP contribution in [0.2, 0.25) is 0 Å². The Bertz CT molecular complexity index is 911. The molecule has 0 aliphatic rings. The highest BCUT2D eigenvalue weighted by molar-refractivity contribution is 7.17. The second kappa shape index (κ2) is 6.86. The summed E-state index contributed by atoms with van der Waals surface area (Å²) < 4.78 is 4.95. The summed E-state index contributed by atoms with van der Waals surface area (Å²) in [5, 5.41) is 4.47. The summed E-state index contributed by atoms with van der Waals surface area (Å²) >= 11 is 1.27. The van der Waals surface area contributed by atoms with Crippen LogP contribution in [0.25, 0.3) is 10.6 Å². The monoisotopic (exact) mass is 356 g/mol. The Labute approximate surface area is 148 Å². The van der Waals surface area contributed by atoms with Crippen LogP contribution in [0, 0.1) is 20.8 Å². The van der Waals surface area contributed by atoms with Crippen LogP contribution in [0.5, 0.6) is 0 Å². The van der Waals surface area contributed by atoms with E-state index < -0.39 is 11.8 Å². The quantitative estimate of drug-likeness (QED) is 0.703. The number of amides is 2. The smallest absolute Gasteiger partial charge is 0.281 e. The number of carbonyl (C=O) groups excluding carboxylic acids is 2. The van der Waals surface area contributed by atoms with Crippen LogP contribution in [-0.4, -0.2) is 22.0 Å². The van der Waals surface area contributed by atoms with Gasteiger partial charge in [-0.3, -0.25) is 20.4 Å². The van der Waals surface area contributed by atoms with Gasteiger partial charge in [0.2, 0.25) is 0 Å². The molecule has 2 aromatic heterocycles. The SMILES string of the molecule is Cc1nc(-c2ccccc2)sc1C(=O)NNC(=O)c1c(C)noc1C. The van der Waals surface area contributed by atoms with Crippen LogP contribution in [0.4, 0.5) is 0 Å². The number of benzene rings is 1. The highest BCUT2D eigenvalue weighted by Crippen LogP contribution is 2.27. The molecular formula is C17H16N4O3S. The van der Waals surface area contributed by atoms with Gasteiger partial charge in [0.05, 0.1) is 11.4 Å². The van der Waals surface area contributed by atoms with Gasteiger partial charge >= 0.3 is 0 Å². The lowest BCUT2D eigenvalue weighted by Crippen LogP contribution is -2.41. The first kappa shape index (κ1) is 16.8.